The van der Waals surface area contributed by atoms with Crippen LogP contribution in [0.2, 0.25) is 5.02 Å². The average molecular weight is 291 g/mol. The minimum atomic E-state index is 0.768. The number of aryl methyl sites for hydroxylation is 1. The normalized spacial score (nSPS) is 16.9. The topological polar surface area (TPSA) is 17.0 Å². The smallest absolute Gasteiger partial charge is 0.0481 e. The molecule has 0 spiro atoms. The third kappa shape index (κ3) is 3.36. The summed E-state index contributed by atoms with van der Waals surface area (Å²) in [6, 6.07) is 9.04. The first-order valence-corrected chi connectivity index (χ1v) is 8.18. The van der Waals surface area contributed by atoms with Crippen LogP contribution in [0.5, 0.6) is 0 Å². The molecule has 1 saturated carbocycles. The molecule has 0 saturated heterocycles. The van der Waals surface area contributed by atoms with Crippen molar-refractivity contribution in [2.75, 3.05) is 6.54 Å². The molecule has 1 aliphatic carbocycles. The second-order valence-electron chi connectivity index (χ2n) is 5.85. The van der Waals surface area contributed by atoms with Crippen LogP contribution in [-0.4, -0.2) is 17.2 Å². The molecule has 1 aromatic carbocycles. The quantitative estimate of drug-likeness (QED) is 0.796. The van der Waals surface area contributed by atoms with Crippen LogP contribution in [0.1, 0.15) is 38.5 Å². The first-order chi connectivity index (χ1) is 9.83. The third-order valence-electron chi connectivity index (χ3n) is 4.35. The molecule has 3 heteroatoms. The first kappa shape index (κ1) is 14.0. The molecule has 2 nitrogen and oxygen atoms in total. The first-order valence-electron chi connectivity index (χ1n) is 7.81. The van der Waals surface area contributed by atoms with E-state index in [2.05, 4.69) is 28.2 Å². The second-order valence-corrected chi connectivity index (χ2v) is 6.29. The highest BCUT2D eigenvalue weighted by Crippen LogP contribution is 2.21. The molecule has 1 aromatic heterocycles. The summed E-state index contributed by atoms with van der Waals surface area (Å²) in [5, 5.41) is 5.75. The number of aromatic nitrogens is 1. The molecule has 1 aliphatic rings. The zero-order valence-electron chi connectivity index (χ0n) is 11.9. The van der Waals surface area contributed by atoms with Gasteiger partial charge in [-0.3, -0.25) is 0 Å². The summed E-state index contributed by atoms with van der Waals surface area (Å²) in [6.45, 7) is 2.20. The molecule has 0 bridgehead atoms. The fraction of sp³-hybridized carbons (Fsp3) is 0.529. The van der Waals surface area contributed by atoms with E-state index in [0.29, 0.717) is 0 Å². The van der Waals surface area contributed by atoms with Crippen LogP contribution < -0.4 is 5.32 Å². The minimum absolute atomic E-state index is 0.768. The van der Waals surface area contributed by atoms with Crippen molar-refractivity contribution >= 4 is 22.5 Å². The van der Waals surface area contributed by atoms with E-state index in [-0.39, 0.29) is 0 Å². The summed E-state index contributed by atoms with van der Waals surface area (Å²) in [4.78, 5) is 0. The zero-order chi connectivity index (χ0) is 13.8. The van der Waals surface area contributed by atoms with Gasteiger partial charge in [0.2, 0.25) is 0 Å². The largest absolute Gasteiger partial charge is 0.347 e. The molecule has 0 atom stereocenters. The van der Waals surface area contributed by atoms with E-state index < -0.39 is 0 Å². The Kier molecular flexibility index (Phi) is 4.64. The fourth-order valence-corrected chi connectivity index (χ4v) is 3.41. The standard InChI is InChI=1S/C17H23ClN2/c18-15-7-8-17-14(13-15)9-12-20(17)11-4-10-19-16-5-2-1-3-6-16/h7-9,12-13,16,19H,1-6,10-11H2. The van der Waals surface area contributed by atoms with Crippen molar-refractivity contribution in [3.8, 4) is 0 Å². The maximum atomic E-state index is 6.02. The van der Waals surface area contributed by atoms with Crippen LogP contribution in [0.4, 0.5) is 0 Å². The van der Waals surface area contributed by atoms with Crippen LogP contribution in [0.3, 0.4) is 0 Å². The minimum Gasteiger partial charge on any atom is -0.347 e. The van der Waals surface area contributed by atoms with Gasteiger partial charge in [-0.05, 0) is 50.1 Å². The molecule has 0 aliphatic heterocycles. The monoisotopic (exact) mass is 290 g/mol. The van der Waals surface area contributed by atoms with Gasteiger partial charge in [0, 0.05) is 34.7 Å². The third-order valence-corrected chi connectivity index (χ3v) is 4.58. The van der Waals surface area contributed by atoms with Gasteiger partial charge in [0.15, 0.2) is 0 Å². The van der Waals surface area contributed by atoms with Crippen molar-refractivity contribution < 1.29 is 0 Å². The number of hydrogen-bond donors (Lipinski definition) is 1. The summed E-state index contributed by atoms with van der Waals surface area (Å²) in [7, 11) is 0. The van der Waals surface area contributed by atoms with E-state index >= 15 is 0 Å². The summed E-state index contributed by atoms with van der Waals surface area (Å²) >= 11 is 6.02. The van der Waals surface area contributed by atoms with Crippen LogP contribution >= 0.6 is 11.6 Å². The average Bonchev–Trinajstić information content (AvgIpc) is 2.87. The van der Waals surface area contributed by atoms with E-state index in [1.807, 2.05) is 12.1 Å². The van der Waals surface area contributed by atoms with Crippen molar-refractivity contribution in [1.29, 1.82) is 0 Å². The molecule has 1 heterocycles. The number of benzene rings is 1. The fourth-order valence-electron chi connectivity index (χ4n) is 3.23. The van der Waals surface area contributed by atoms with Gasteiger partial charge in [0.05, 0.1) is 0 Å². The van der Waals surface area contributed by atoms with Crippen molar-refractivity contribution in [2.24, 2.45) is 0 Å². The van der Waals surface area contributed by atoms with Gasteiger partial charge < -0.3 is 9.88 Å². The second kappa shape index (κ2) is 6.64. The van der Waals surface area contributed by atoms with E-state index in [1.54, 1.807) is 0 Å². The summed E-state index contributed by atoms with van der Waals surface area (Å²) in [5.74, 6) is 0. The molecule has 0 unspecified atom stereocenters. The Morgan fingerprint density at radius 3 is 2.85 bits per heavy atom. The summed E-state index contributed by atoms with van der Waals surface area (Å²) in [5.41, 5.74) is 1.28. The van der Waals surface area contributed by atoms with Gasteiger partial charge in [-0.1, -0.05) is 30.9 Å². The summed E-state index contributed by atoms with van der Waals surface area (Å²) in [6.07, 6.45) is 10.3. The van der Waals surface area contributed by atoms with Crippen molar-refractivity contribution in [3.05, 3.63) is 35.5 Å². The Bertz CT molecular complexity index is 555. The maximum absolute atomic E-state index is 6.02. The lowest BCUT2D eigenvalue weighted by molar-refractivity contribution is 0.369. The van der Waals surface area contributed by atoms with Crippen molar-refractivity contribution in [3.63, 3.8) is 0 Å². The van der Waals surface area contributed by atoms with Crippen LogP contribution in [0, 0.1) is 0 Å². The molecule has 2 aromatic rings. The number of nitrogens with zero attached hydrogens (tertiary/aromatic N) is 1. The van der Waals surface area contributed by atoms with E-state index in [4.69, 9.17) is 11.6 Å². The lowest BCUT2D eigenvalue weighted by Crippen LogP contribution is -2.32. The molecular formula is C17H23ClN2. The maximum Gasteiger partial charge on any atom is 0.0481 e. The Balaban J connectivity index is 1.49. The predicted octanol–water partition coefficient (Wildman–Crippen LogP) is 4.61. The molecule has 0 amide bonds. The molecule has 108 valence electrons. The number of halogens is 1. The van der Waals surface area contributed by atoms with Gasteiger partial charge in [0.1, 0.15) is 0 Å². The molecular weight excluding hydrogens is 268 g/mol. The highest BCUT2D eigenvalue weighted by atomic mass is 35.5. The number of rotatable bonds is 5. The van der Waals surface area contributed by atoms with Crippen LogP contribution in [-0.2, 0) is 6.54 Å². The van der Waals surface area contributed by atoms with Gasteiger partial charge >= 0.3 is 0 Å². The molecule has 1 fully saturated rings. The number of nitrogens with one attached hydrogen (secondary N) is 1. The van der Waals surface area contributed by atoms with E-state index in [1.165, 1.54) is 49.4 Å². The highest BCUT2D eigenvalue weighted by Gasteiger charge is 2.11. The predicted molar refractivity (Wildman–Crippen MR) is 86.4 cm³/mol. The number of hydrogen-bond acceptors (Lipinski definition) is 1. The Labute approximate surface area is 126 Å². The lowest BCUT2D eigenvalue weighted by atomic mass is 9.95. The van der Waals surface area contributed by atoms with Gasteiger partial charge in [-0.2, -0.15) is 0 Å². The van der Waals surface area contributed by atoms with Crippen LogP contribution in [0.25, 0.3) is 10.9 Å². The summed E-state index contributed by atoms with van der Waals surface area (Å²) < 4.78 is 2.33. The zero-order valence-corrected chi connectivity index (χ0v) is 12.7. The Morgan fingerprint density at radius 1 is 1.15 bits per heavy atom. The molecule has 20 heavy (non-hydrogen) atoms. The van der Waals surface area contributed by atoms with E-state index in [0.717, 1.165) is 24.2 Å². The van der Waals surface area contributed by atoms with Crippen LogP contribution in [0.15, 0.2) is 30.5 Å². The van der Waals surface area contributed by atoms with Crippen molar-refractivity contribution in [2.45, 2.75) is 51.1 Å². The molecule has 1 N–H and O–H groups in total. The van der Waals surface area contributed by atoms with Gasteiger partial charge in [-0.25, -0.2) is 0 Å². The van der Waals surface area contributed by atoms with E-state index in [9.17, 15) is 0 Å². The lowest BCUT2D eigenvalue weighted by Gasteiger charge is -2.22. The van der Waals surface area contributed by atoms with Gasteiger partial charge in [-0.15, -0.1) is 0 Å². The highest BCUT2D eigenvalue weighted by molar-refractivity contribution is 6.31. The molecule has 3 rings (SSSR count). The SMILES string of the molecule is Clc1ccc2c(ccn2CCCNC2CCCCC2)c1. The Hall–Kier alpha value is -0.990. The number of fused-ring (bicyclic) bond motifs is 1. The van der Waals surface area contributed by atoms with Crippen molar-refractivity contribution in [1.82, 2.24) is 9.88 Å². The Morgan fingerprint density at radius 2 is 2.00 bits per heavy atom. The molecule has 0 radical (unpaired) electrons. The van der Waals surface area contributed by atoms with Gasteiger partial charge in [0.25, 0.3) is 0 Å².